The molecule has 0 radical (unpaired) electrons. The second-order valence-electron chi connectivity index (χ2n) is 9.32. The van der Waals surface area contributed by atoms with E-state index in [2.05, 4.69) is 0 Å². The maximum Gasteiger partial charge on any atom is 0.167 e. The Morgan fingerprint density at radius 3 is 0.867 bits per heavy atom. The Hall–Kier alpha value is -2.88. The molecule has 152 valence electrons. The fourth-order valence-corrected chi connectivity index (χ4v) is 5.61. The van der Waals surface area contributed by atoms with Crippen LogP contribution in [0.25, 0.3) is 0 Å². The summed E-state index contributed by atoms with van der Waals surface area (Å²) in [5, 5.41) is 0. The van der Waals surface area contributed by atoms with Crippen molar-refractivity contribution in [3.63, 3.8) is 0 Å². The van der Waals surface area contributed by atoms with E-state index in [1.165, 1.54) is 0 Å². The molecule has 0 spiro atoms. The predicted octanol–water partition coefficient (Wildman–Crippen LogP) is 4.64. The van der Waals surface area contributed by atoms with Gasteiger partial charge in [0, 0.05) is 45.9 Å². The number of benzene rings is 2. The number of ketones is 4. The molecule has 1 fully saturated rings. The van der Waals surface area contributed by atoms with Crippen molar-refractivity contribution in [3.8, 4) is 0 Å². The third kappa shape index (κ3) is 2.46. The Morgan fingerprint density at radius 1 is 0.467 bits per heavy atom. The predicted molar refractivity (Wildman–Crippen MR) is 112 cm³/mol. The summed E-state index contributed by atoms with van der Waals surface area (Å²) in [7, 11) is 0. The maximum atomic E-state index is 13.3. The van der Waals surface area contributed by atoms with E-state index in [1.54, 1.807) is 0 Å². The number of aryl methyl sites for hydroxylation is 4. The Bertz CT molecular complexity index is 1000. The van der Waals surface area contributed by atoms with Gasteiger partial charge in [-0.05, 0) is 87.1 Å². The third-order valence-electron chi connectivity index (χ3n) is 7.66. The molecule has 0 saturated heterocycles. The molecule has 3 aliphatic rings. The highest BCUT2D eigenvalue weighted by atomic mass is 16.2. The van der Waals surface area contributed by atoms with Crippen molar-refractivity contribution in [2.24, 2.45) is 23.7 Å². The van der Waals surface area contributed by atoms with Gasteiger partial charge in [-0.1, -0.05) is 0 Å². The van der Waals surface area contributed by atoms with Crippen LogP contribution in [0.5, 0.6) is 0 Å². The maximum absolute atomic E-state index is 13.3. The molecule has 0 bridgehead atoms. The molecular formula is C26H24O4. The number of rotatable bonds is 0. The zero-order chi connectivity index (χ0) is 21.5. The van der Waals surface area contributed by atoms with Crippen molar-refractivity contribution in [3.05, 3.63) is 68.8 Å². The first-order chi connectivity index (χ1) is 14.2. The third-order valence-corrected chi connectivity index (χ3v) is 7.66. The highest BCUT2D eigenvalue weighted by molar-refractivity contribution is 6.19. The monoisotopic (exact) mass is 400 g/mol. The van der Waals surface area contributed by atoms with E-state index in [1.807, 2.05) is 52.0 Å². The minimum atomic E-state index is -0.516. The Balaban J connectivity index is 1.59. The minimum Gasteiger partial charge on any atom is -0.294 e. The highest BCUT2D eigenvalue weighted by Crippen LogP contribution is 2.49. The van der Waals surface area contributed by atoms with Crippen molar-refractivity contribution < 1.29 is 19.2 Å². The molecule has 4 nitrogen and oxygen atoms in total. The van der Waals surface area contributed by atoms with Crippen LogP contribution in [0.2, 0.25) is 0 Å². The van der Waals surface area contributed by atoms with Crippen molar-refractivity contribution in [1.29, 1.82) is 0 Å². The number of fused-ring (bicyclic) bond motifs is 4. The van der Waals surface area contributed by atoms with Crippen molar-refractivity contribution in [2.45, 2.75) is 40.5 Å². The zero-order valence-corrected chi connectivity index (χ0v) is 17.7. The molecule has 0 amide bonds. The lowest BCUT2D eigenvalue weighted by Crippen LogP contribution is -2.49. The molecule has 2 aromatic rings. The molecule has 4 heteroatoms. The number of carbonyl (C=O) groups excluding carboxylic acids is 4. The second-order valence-corrected chi connectivity index (χ2v) is 9.32. The molecule has 0 unspecified atom stereocenters. The van der Waals surface area contributed by atoms with Gasteiger partial charge in [0.15, 0.2) is 23.1 Å². The standard InChI is InChI=1S/C26H24O4/c1-11-5-15-16(6-12(11)2)24(28)20-10-22-21(9-19(20)23(15)27)25(29)17-7-13(3)14(4)8-18(17)26(22)30/h5-8,19-22H,9-10H2,1-4H3/t19-,20+,21+,22-. The molecule has 0 aromatic heterocycles. The topological polar surface area (TPSA) is 68.3 Å². The summed E-state index contributed by atoms with van der Waals surface area (Å²) in [5.74, 6) is -2.28. The van der Waals surface area contributed by atoms with E-state index in [4.69, 9.17) is 0 Å². The van der Waals surface area contributed by atoms with E-state index in [0.717, 1.165) is 22.3 Å². The van der Waals surface area contributed by atoms with Gasteiger partial charge in [0.2, 0.25) is 0 Å². The van der Waals surface area contributed by atoms with Gasteiger partial charge in [0.1, 0.15) is 0 Å². The minimum absolute atomic E-state index is 0.0534. The van der Waals surface area contributed by atoms with E-state index in [9.17, 15) is 19.2 Å². The lowest BCUT2D eigenvalue weighted by molar-refractivity contribution is 0.0438. The Kier molecular flexibility index (Phi) is 4.02. The summed E-state index contributed by atoms with van der Waals surface area (Å²) in [4.78, 5) is 53.3. The lowest BCUT2D eigenvalue weighted by atomic mass is 9.57. The molecular weight excluding hydrogens is 376 g/mol. The van der Waals surface area contributed by atoms with Crippen LogP contribution >= 0.6 is 0 Å². The number of hydrogen-bond donors (Lipinski definition) is 0. The van der Waals surface area contributed by atoms with E-state index >= 15 is 0 Å². The van der Waals surface area contributed by atoms with Crippen LogP contribution in [0.1, 0.15) is 76.5 Å². The van der Waals surface area contributed by atoms with Gasteiger partial charge in [0.25, 0.3) is 0 Å². The fraction of sp³-hybridized carbons (Fsp3) is 0.385. The molecule has 30 heavy (non-hydrogen) atoms. The van der Waals surface area contributed by atoms with E-state index in [-0.39, 0.29) is 36.0 Å². The quantitative estimate of drug-likeness (QED) is 0.646. The highest BCUT2D eigenvalue weighted by Gasteiger charge is 2.53. The summed E-state index contributed by atoms with van der Waals surface area (Å²) >= 11 is 0. The average Bonchev–Trinajstić information content (AvgIpc) is 2.72. The van der Waals surface area contributed by atoms with Gasteiger partial charge in [-0.3, -0.25) is 19.2 Å². The SMILES string of the molecule is Cc1cc2c(cc1C)C(=O)[C@@H]1C[C@@H]3C(=O)c4cc(C)c(C)cc4C(=O)[C@@H]3C[C@@H]1C2=O. The van der Waals surface area contributed by atoms with Crippen molar-refractivity contribution in [2.75, 3.05) is 0 Å². The van der Waals surface area contributed by atoms with E-state index < -0.39 is 23.7 Å². The van der Waals surface area contributed by atoms with Crippen LogP contribution in [0, 0.1) is 51.4 Å². The first kappa shape index (κ1) is 19.1. The van der Waals surface area contributed by atoms with Gasteiger partial charge in [-0.25, -0.2) is 0 Å². The van der Waals surface area contributed by atoms with Crippen LogP contribution < -0.4 is 0 Å². The normalized spacial score (nSPS) is 27.3. The molecule has 0 aliphatic heterocycles. The molecule has 0 heterocycles. The Morgan fingerprint density at radius 2 is 0.667 bits per heavy atom. The number of carbonyl (C=O) groups is 4. The van der Waals surface area contributed by atoms with Crippen LogP contribution in [0.15, 0.2) is 24.3 Å². The van der Waals surface area contributed by atoms with Crippen LogP contribution in [0.3, 0.4) is 0 Å². The smallest absolute Gasteiger partial charge is 0.167 e. The largest absolute Gasteiger partial charge is 0.294 e. The summed E-state index contributed by atoms with van der Waals surface area (Å²) in [6, 6.07) is 7.23. The molecule has 3 aliphatic carbocycles. The molecule has 0 N–H and O–H groups in total. The van der Waals surface area contributed by atoms with Gasteiger partial charge in [-0.15, -0.1) is 0 Å². The lowest BCUT2D eigenvalue weighted by Gasteiger charge is -2.43. The summed E-state index contributed by atoms with van der Waals surface area (Å²) < 4.78 is 0. The van der Waals surface area contributed by atoms with Crippen molar-refractivity contribution >= 4 is 23.1 Å². The van der Waals surface area contributed by atoms with Crippen LogP contribution in [-0.2, 0) is 0 Å². The Labute approximate surface area is 175 Å². The molecule has 2 aromatic carbocycles. The van der Waals surface area contributed by atoms with Crippen molar-refractivity contribution in [1.82, 2.24) is 0 Å². The molecule has 4 atom stereocenters. The van der Waals surface area contributed by atoms with Gasteiger partial charge < -0.3 is 0 Å². The molecule has 5 rings (SSSR count). The fourth-order valence-electron chi connectivity index (χ4n) is 5.61. The van der Waals surface area contributed by atoms with Gasteiger partial charge in [-0.2, -0.15) is 0 Å². The van der Waals surface area contributed by atoms with E-state index in [0.29, 0.717) is 22.3 Å². The summed E-state index contributed by atoms with van der Waals surface area (Å²) in [6.07, 6.45) is 0.562. The van der Waals surface area contributed by atoms with Gasteiger partial charge >= 0.3 is 0 Å². The summed E-state index contributed by atoms with van der Waals surface area (Å²) in [6.45, 7) is 7.73. The average molecular weight is 400 g/mol. The summed E-state index contributed by atoms with van der Waals surface area (Å²) in [5.41, 5.74) is 5.81. The number of Topliss-reactive ketones (excluding diaryl/α,β-unsaturated/α-hetero) is 4. The van der Waals surface area contributed by atoms with Crippen LogP contribution in [0.4, 0.5) is 0 Å². The van der Waals surface area contributed by atoms with Gasteiger partial charge in [0.05, 0.1) is 0 Å². The second kappa shape index (κ2) is 6.31. The van der Waals surface area contributed by atoms with Crippen LogP contribution in [-0.4, -0.2) is 23.1 Å². The number of hydrogen-bond acceptors (Lipinski definition) is 4. The zero-order valence-electron chi connectivity index (χ0n) is 17.7. The first-order valence-corrected chi connectivity index (χ1v) is 10.6. The first-order valence-electron chi connectivity index (χ1n) is 10.6. The molecule has 1 saturated carbocycles.